The molecule has 4 aliphatic rings. The third-order valence-electron chi connectivity index (χ3n) is 4.12. The summed E-state index contributed by atoms with van der Waals surface area (Å²) in [6.07, 6.45) is 23.7. The lowest BCUT2D eigenvalue weighted by Gasteiger charge is -2.36. The Morgan fingerprint density at radius 3 is 1.76 bits per heavy atom. The minimum Gasteiger partial charge on any atom is -0.0620 e. The molecule has 0 aliphatic heterocycles. The van der Waals surface area contributed by atoms with Gasteiger partial charge in [0.1, 0.15) is 0 Å². The maximum Gasteiger partial charge on any atom is 0.00985 e. The summed E-state index contributed by atoms with van der Waals surface area (Å²) in [4.78, 5) is 0. The zero-order chi connectivity index (χ0) is 11.2. The molecule has 0 amide bonds. The third kappa shape index (κ3) is 1.30. The van der Waals surface area contributed by atoms with Crippen LogP contribution in [0, 0.1) is 11.8 Å². The maximum absolute atomic E-state index is 2.39. The Kier molecular flexibility index (Phi) is 1.81. The number of hydrogen-bond acceptors (Lipinski definition) is 0. The average molecular weight is 218 g/mol. The molecule has 0 spiro atoms. The lowest BCUT2D eigenvalue weighted by molar-refractivity contribution is 0.527. The first kappa shape index (κ1) is 9.23. The average Bonchev–Trinajstić information content (AvgIpc) is 2.69. The molecule has 0 saturated carbocycles. The second kappa shape index (κ2) is 3.33. The van der Waals surface area contributed by atoms with E-state index in [9.17, 15) is 0 Å². The van der Waals surface area contributed by atoms with Gasteiger partial charge in [0.2, 0.25) is 0 Å². The first-order valence-corrected chi connectivity index (χ1v) is 6.28. The molecule has 0 nitrogen and oxygen atoms in total. The van der Waals surface area contributed by atoms with Gasteiger partial charge in [0.15, 0.2) is 0 Å². The van der Waals surface area contributed by atoms with Crippen molar-refractivity contribution in [2.45, 2.75) is 6.42 Å². The standard InChI is InChI=1S/C17H14/c1-2-6-13-10-15-8-4-3-7-14-9-12(5-1)16(13)11-17(14)15/h1-10,16-17H,11H2. The predicted octanol–water partition coefficient (Wildman–Crippen LogP) is 4.04. The fraction of sp³-hybridized carbons (Fsp3) is 0.176. The fourth-order valence-electron chi connectivity index (χ4n) is 3.28. The molecule has 17 heavy (non-hydrogen) atoms. The van der Waals surface area contributed by atoms with Crippen molar-refractivity contribution in [1.29, 1.82) is 0 Å². The van der Waals surface area contributed by atoms with E-state index in [0.717, 1.165) is 0 Å². The van der Waals surface area contributed by atoms with Crippen molar-refractivity contribution in [3.8, 4) is 0 Å². The van der Waals surface area contributed by atoms with Crippen LogP contribution in [0.1, 0.15) is 6.42 Å². The number of allylic oxidation sites excluding steroid dienone is 14. The van der Waals surface area contributed by atoms with Crippen LogP contribution in [0.5, 0.6) is 0 Å². The smallest absolute Gasteiger partial charge is 0.00985 e. The van der Waals surface area contributed by atoms with Crippen molar-refractivity contribution in [2.24, 2.45) is 11.8 Å². The maximum atomic E-state index is 2.39. The SMILES string of the molecule is C1=CC=C2C=C3C=CC=CC4=CC(=C1)C2CC43. The van der Waals surface area contributed by atoms with Crippen LogP contribution in [-0.2, 0) is 0 Å². The van der Waals surface area contributed by atoms with Crippen LogP contribution in [0.3, 0.4) is 0 Å². The van der Waals surface area contributed by atoms with Crippen molar-refractivity contribution >= 4 is 0 Å². The summed E-state index contributed by atoms with van der Waals surface area (Å²) in [5.41, 5.74) is 5.88. The van der Waals surface area contributed by atoms with E-state index >= 15 is 0 Å². The van der Waals surface area contributed by atoms with Gasteiger partial charge in [-0.15, -0.1) is 0 Å². The van der Waals surface area contributed by atoms with Crippen molar-refractivity contribution in [3.05, 3.63) is 83.1 Å². The van der Waals surface area contributed by atoms with Crippen molar-refractivity contribution in [1.82, 2.24) is 0 Å². The van der Waals surface area contributed by atoms with E-state index in [1.165, 1.54) is 28.7 Å². The molecule has 4 rings (SSSR count). The van der Waals surface area contributed by atoms with Crippen LogP contribution in [-0.4, -0.2) is 0 Å². The number of rotatable bonds is 0. The minimum absolute atomic E-state index is 0.613. The zero-order valence-electron chi connectivity index (χ0n) is 9.64. The molecule has 0 fully saturated rings. The van der Waals surface area contributed by atoms with Crippen molar-refractivity contribution in [2.75, 3.05) is 0 Å². The molecule has 0 saturated heterocycles. The highest BCUT2D eigenvalue weighted by molar-refractivity contribution is 5.57. The molecule has 0 heterocycles. The van der Waals surface area contributed by atoms with E-state index in [-0.39, 0.29) is 0 Å². The Morgan fingerprint density at radius 2 is 1.18 bits per heavy atom. The zero-order valence-corrected chi connectivity index (χ0v) is 9.64. The first-order valence-electron chi connectivity index (χ1n) is 6.28. The van der Waals surface area contributed by atoms with Crippen LogP contribution in [0.25, 0.3) is 0 Å². The van der Waals surface area contributed by atoms with Crippen molar-refractivity contribution < 1.29 is 0 Å². The lowest BCUT2D eigenvalue weighted by atomic mass is 9.68. The van der Waals surface area contributed by atoms with E-state index in [1.807, 2.05) is 0 Å². The Hall–Kier alpha value is -1.82. The molecule has 0 atom stereocenters. The molecule has 0 aromatic carbocycles. The minimum atomic E-state index is 0.613. The molecule has 4 aliphatic carbocycles. The van der Waals surface area contributed by atoms with E-state index in [2.05, 4.69) is 60.8 Å². The number of hydrogen-bond donors (Lipinski definition) is 0. The molecule has 2 bridgehead atoms. The van der Waals surface area contributed by atoms with Gasteiger partial charge >= 0.3 is 0 Å². The van der Waals surface area contributed by atoms with E-state index in [4.69, 9.17) is 0 Å². The van der Waals surface area contributed by atoms with Gasteiger partial charge in [-0.05, 0) is 28.7 Å². The molecule has 82 valence electrons. The monoisotopic (exact) mass is 218 g/mol. The van der Waals surface area contributed by atoms with Gasteiger partial charge in [-0.1, -0.05) is 60.8 Å². The highest BCUT2D eigenvalue weighted by Crippen LogP contribution is 2.47. The highest BCUT2D eigenvalue weighted by Gasteiger charge is 2.33. The van der Waals surface area contributed by atoms with Gasteiger partial charge < -0.3 is 0 Å². The van der Waals surface area contributed by atoms with E-state index < -0.39 is 0 Å². The van der Waals surface area contributed by atoms with Gasteiger partial charge in [0.25, 0.3) is 0 Å². The summed E-state index contributed by atoms with van der Waals surface area (Å²) in [5, 5.41) is 0. The second-order valence-electron chi connectivity index (χ2n) is 5.07. The molecular weight excluding hydrogens is 204 g/mol. The van der Waals surface area contributed by atoms with E-state index in [0.29, 0.717) is 11.8 Å². The summed E-state index contributed by atoms with van der Waals surface area (Å²) in [6, 6.07) is 0. The molecule has 0 unspecified atom stereocenters. The van der Waals surface area contributed by atoms with Gasteiger partial charge in [-0.2, -0.15) is 0 Å². The van der Waals surface area contributed by atoms with Crippen molar-refractivity contribution in [3.63, 3.8) is 0 Å². The van der Waals surface area contributed by atoms with E-state index in [1.54, 1.807) is 0 Å². The quantitative estimate of drug-likeness (QED) is 0.575. The molecule has 0 radical (unpaired) electrons. The van der Waals surface area contributed by atoms with Gasteiger partial charge in [-0.3, -0.25) is 0 Å². The summed E-state index contributed by atoms with van der Waals surface area (Å²) in [5.74, 6) is 1.23. The van der Waals surface area contributed by atoms with Crippen LogP contribution < -0.4 is 0 Å². The van der Waals surface area contributed by atoms with Crippen LogP contribution in [0.2, 0.25) is 0 Å². The van der Waals surface area contributed by atoms with Gasteiger partial charge in [0, 0.05) is 11.8 Å². The van der Waals surface area contributed by atoms with Gasteiger partial charge in [0.05, 0.1) is 0 Å². The molecular formula is C17H14. The Balaban J connectivity index is 2.02. The van der Waals surface area contributed by atoms with Gasteiger partial charge in [-0.25, -0.2) is 0 Å². The van der Waals surface area contributed by atoms with Crippen LogP contribution in [0.15, 0.2) is 83.1 Å². The molecule has 0 N–H and O–H groups in total. The molecule has 0 aromatic heterocycles. The Labute approximate surface area is 102 Å². The summed E-state index contributed by atoms with van der Waals surface area (Å²) >= 11 is 0. The molecule has 0 heteroatoms. The summed E-state index contributed by atoms with van der Waals surface area (Å²) in [7, 11) is 0. The predicted molar refractivity (Wildman–Crippen MR) is 71.3 cm³/mol. The highest BCUT2D eigenvalue weighted by atomic mass is 14.4. The summed E-state index contributed by atoms with van der Waals surface area (Å²) in [6.45, 7) is 0. The molecule has 0 aromatic rings. The third-order valence-corrected chi connectivity index (χ3v) is 4.12. The topological polar surface area (TPSA) is 0 Å². The largest absolute Gasteiger partial charge is 0.0620 e. The fourth-order valence-corrected chi connectivity index (χ4v) is 3.28. The van der Waals surface area contributed by atoms with Crippen LogP contribution in [0.4, 0.5) is 0 Å². The Bertz CT molecular complexity index is 536. The summed E-state index contributed by atoms with van der Waals surface area (Å²) < 4.78 is 0. The first-order chi connectivity index (χ1) is 8.42. The lowest BCUT2D eigenvalue weighted by Crippen LogP contribution is -2.23. The second-order valence-corrected chi connectivity index (χ2v) is 5.07. The Morgan fingerprint density at radius 1 is 0.647 bits per heavy atom. The van der Waals surface area contributed by atoms with Crippen LogP contribution >= 0.6 is 0 Å². The normalized spacial score (nSPS) is 32.0.